The molecule has 0 aromatic heterocycles. The van der Waals surface area contributed by atoms with Crippen LogP contribution in [0.25, 0.3) is 10.8 Å². The molecule has 0 aliphatic carbocycles. The number of rotatable bonds is 2. The van der Waals surface area contributed by atoms with E-state index in [4.69, 9.17) is 5.73 Å². The normalized spacial score (nSPS) is 15.2. The van der Waals surface area contributed by atoms with Gasteiger partial charge >= 0.3 is 6.18 Å². The maximum Gasteiger partial charge on any atom is 0.413 e. The number of hydrogen-bond acceptors (Lipinski definition) is 2. The molecule has 0 amide bonds. The molecule has 2 aromatic rings. The predicted octanol–water partition coefficient (Wildman–Crippen LogP) is 3.30. The van der Waals surface area contributed by atoms with E-state index in [1.807, 2.05) is 0 Å². The minimum absolute atomic E-state index is 0.0135. The number of fused-ring (bicyclic) bond motifs is 1. The number of benzene rings is 2. The Morgan fingerprint density at radius 2 is 1.63 bits per heavy atom. The Morgan fingerprint density at radius 1 is 1.05 bits per heavy atom. The van der Waals surface area contributed by atoms with E-state index >= 15 is 0 Å². The van der Waals surface area contributed by atoms with Crippen LogP contribution in [0.15, 0.2) is 42.5 Å². The summed E-state index contributed by atoms with van der Waals surface area (Å²) in [7, 11) is 0. The van der Waals surface area contributed by atoms with E-state index in [-0.39, 0.29) is 5.56 Å². The Morgan fingerprint density at radius 3 is 2.26 bits per heavy atom. The third-order valence-corrected chi connectivity index (χ3v) is 3.09. The molecule has 1 unspecified atom stereocenters. The van der Waals surface area contributed by atoms with Crippen molar-refractivity contribution in [3.8, 4) is 0 Å². The van der Waals surface area contributed by atoms with Crippen LogP contribution in [-0.4, -0.2) is 17.5 Å². The van der Waals surface area contributed by atoms with Gasteiger partial charge in [0.2, 0.25) is 0 Å². The minimum Gasteiger partial charge on any atom is -0.311 e. The van der Waals surface area contributed by atoms with Crippen LogP contribution in [0.2, 0.25) is 0 Å². The zero-order valence-corrected chi connectivity index (χ0v) is 10.2. The Bertz CT molecular complexity index is 627. The van der Waals surface area contributed by atoms with Gasteiger partial charge in [-0.3, -0.25) is 4.79 Å². The van der Waals surface area contributed by atoms with Gasteiger partial charge in [0.15, 0.2) is 11.3 Å². The smallest absolute Gasteiger partial charge is 0.311 e. The summed E-state index contributed by atoms with van der Waals surface area (Å²) in [6.45, 7) is 0.692. The maximum atomic E-state index is 12.8. The molecule has 0 saturated heterocycles. The second-order valence-corrected chi connectivity index (χ2v) is 4.56. The lowest BCUT2D eigenvalue weighted by molar-refractivity contribution is -0.165. The molecule has 5 heteroatoms. The van der Waals surface area contributed by atoms with Gasteiger partial charge in [-0.25, -0.2) is 0 Å². The maximum absolute atomic E-state index is 12.8. The van der Waals surface area contributed by atoms with Crippen LogP contribution in [0.5, 0.6) is 0 Å². The van der Waals surface area contributed by atoms with Gasteiger partial charge in [-0.15, -0.1) is 0 Å². The molecular weight excluding hydrogens is 255 g/mol. The molecule has 19 heavy (non-hydrogen) atoms. The van der Waals surface area contributed by atoms with Crippen molar-refractivity contribution >= 4 is 16.6 Å². The van der Waals surface area contributed by atoms with Crippen LogP contribution >= 0.6 is 0 Å². The number of ketones is 1. The van der Waals surface area contributed by atoms with Gasteiger partial charge < -0.3 is 5.73 Å². The van der Waals surface area contributed by atoms with Crippen LogP contribution < -0.4 is 5.73 Å². The lowest BCUT2D eigenvalue weighted by atomic mass is 9.89. The van der Waals surface area contributed by atoms with E-state index < -0.39 is 17.5 Å². The zero-order chi connectivity index (χ0) is 14.3. The molecule has 2 rings (SSSR count). The highest BCUT2D eigenvalue weighted by atomic mass is 19.4. The van der Waals surface area contributed by atoms with Crippen LogP contribution in [0, 0.1) is 0 Å². The molecule has 0 bridgehead atoms. The SMILES string of the molecule is CC(N)(C(=O)c1cccc2ccccc12)C(F)(F)F. The first-order chi connectivity index (χ1) is 8.75. The third kappa shape index (κ3) is 2.21. The fourth-order valence-corrected chi connectivity index (χ4v) is 1.83. The van der Waals surface area contributed by atoms with Crippen molar-refractivity contribution in [3.05, 3.63) is 48.0 Å². The van der Waals surface area contributed by atoms with E-state index in [2.05, 4.69) is 0 Å². The average molecular weight is 267 g/mol. The fourth-order valence-electron chi connectivity index (χ4n) is 1.83. The van der Waals surface area contributed by atoms with Gasteiger partial charge in [0, 0.05) is 5.56 Å². The lowest BCUT2D eigenvalue weighted by Crippen LogP contribution is -2.57. The zero-order valence-electron chi connectivity index (χ0n) is 10.2. The summed E-state index contributed by atoms with van der Waals surface area (Å²) in [5, 5.41) is 1.17. The molecule has 0 heterocycles. The summed E-state index contributed by atoms with van der Waals surface area (Å²) >= 11 is 0. The number of Topliss-reactive ketones (excluding diaryl/α,β-unsaturated/α-hetero) is 1. The van der Waals surface area contributed by atoms with Gasteiger partial charge in [0.05, 0.1) is 0 Å². The molecule has 0 aliphatic rings. The number of nitrogens with two attached hydrogens (primary N) is 1. The van der Waals surface area contributed by atoms with E-state index in [0.717, 1.165) is 0 Å². The van der Waals surface area contributed by atoms with Crippen LogP contribution in [0.1, 0.15) is 17.3 Å². The molecule has 0 saturated carbocycles. The van der Waals surface area contributed by atoms with Gasteiger partial charge in [-0.1, -0.05) is 42.5 Å². The highest BCUT2D eigenvalue weighted by Gasteiger charge is 2.54. The summed E-state index contributed by atoms with van der Waals surface area (Å²) in [6, 6.07) is 11.4. The van der Waals surface area contributed by atoms with Crippen molar-refractivity contribution in [2.75, 3.05) is 0 Å². The van der Waals surface area contributed by atoms with Gasteiger partial charge in [-0.05, 0) is 17.7 Å². The summed E-state index contributed by atoms with van der Waals surface area (Å²) in [4.78, 5) is 12.1. The molecule has 0 radical (unpaired) electrons. The first-order valence-corrected chi connectivity index (χ1v) is 5.63. The highest BCUT2D eigenvalue weighted by molar-refractivity contribution is 6.12. The van der Waals surface area contributed by atoms with E-state index in [9.17, 15) is 18.0 Å². The Kier molecular flexibility index (Phi) is 3.10. The number of alkyl halides is 3. The predicted molar refractivity (Wildman–Crippen MR) is 66.9 cm³/mol. The lowest BCUT2D eigenvalue weighted by Gasteiger charge is -2.26. The molecule has 1 atom stereocenters. The summed E-state index contributed by atoms with van der Waals surface area (Å²) in [5.41, 5.74) is 2.28. The molecule has 0 aliphatic heterocycles. The monoisotopic (exact) mass is 267 g/mol. The largest absolute Gasteiger partial charge is 0.413 e. The fraction of sp³-hybridized carbons (Fsp3) is 0.214. The summed E-state index contributed by atoms with van der Waals surface area (Å²) in [6.07, 6.45) is -4.79. The van der Waals surface area contributed by atoms with Crippen LogP contribution in [-0.2, 0) is 0 Å². The summed E-state index contributed by atoms with van der Waals surface area (Å²) in [5.74, 6) is -1.13. The van der Waals surface area contributed by atoms with Gasteiger partial charge in [-0.2, -0.15) is 13.2 Å². The molecule has 2 aromatic carbocycles. The van der Waals surface area contributed by atoms with E-state index in [0.29, 0.717) is 17.7 Å². The Hall–Kier alpha value is -1.88. The quantitative estimate of drug-likeness (QED) is 0.848. The Labute approximate surface area is 108 Å². The van der Waals surface area contributed by atoms with E-state index in [1.165, 1.54) is 6.07 Å². The minimum atomic E-state index is -4.79. The van der Waals surface area contributed by atoms with Gasteiger partial charge in [0.1, 0.15) is 0 Å². The van der Waals surface area contributed by atoms with Crippen molar-refractivity contribution in [3.63, 3.8) is 0 Å². The summed E-state index contributed by atoms with van der Waals surface area (Å²) < 4.78 is 38.5. The Balaban J connectivity index is 2.60. The third-order valence-electron chi connectivity index (χ3n) is 3.09. The molecule has 0 spiro atoms. The number of halogens is 3. The number of hydrogen-bond donors (Lipinski definition) is 1. The van der Waals surface area contributed by atoms with Crippen LogP contribution in [0.3, 0.4) is 0 Å². The van der Waals surface area contributed by atoms with Crippen molar-refractivity contribution in [1.29, 1.82) is 0 Å². The first kappa shape index (κ1) is 13.5. The standard InChI is InChI=1S/C14H12F3NO/c1-13(18,14(15,16)17)12(19)11-8-4-6-9-5-2-3-7-10(9)11/h2-8H,18H2,1H3. The second kappa shape index (κ2) is 4.35. The molecular formula is C14H12F3NO. The van der Waals surface area contributed by atoms with Crippen molar-refractivity contribution in [2.24, 2.45) is 5.73 Å². The van der Waals surface area contributed by atoms with Crippen molar-refractivity contribution < 1.29 is 18.0 Å². The second-order valence-electron chi connectivity index (χ2n) is 4.56. The molecule has 0 fully saturated rings. The van der Waals surface area contributed by atoms with Gasteiger partial charge in [0.25, 0.3) is 0 Å². The van der Waals surface area contributed by atoms with Crippen molar-refractivity contribution in [1.82, 2.24) is 0 Å². The number of carbonyl (C=O) groups is 1. The average Bonchev–Trinajstić information content (AvgIpc) is 2.36. The molecule has 100 valence electrons. The molecule has 2 N–H and O–H groups in total. The van der Waals surface area contributed by atoms with E-state index in [1.54, 1.807) is 36.4 Å². The topological polar surface area (TPSA) is 43.1 Å². The van der Waals surface area contributed by atoms with Crippen LogP contribution in [0.4, 0.5) is 13.2 Å². The molecule has 2 nitrogen and oxygen atoms in total. The highest BCUT2D eigenvalue weighted by Crippen LogP contribution is 2.32. The van der Waals surface area contributed by atoms with Crippen molar-refractivity contribution in [2.45, 2.75) is 18.6 Å². The first-order valence-electron chi connectivity index (χ1n) is 5.63. The number of carbonyl (C=O) groups excluding carboxylic acids is 1.